The van der Waals surface area contributed by atoms with Crippen LogP contribution in [0.5, 0.6) is 0 Å². The molecular formula is C14H12NO2. The lowest BCUT2D eigenvalue weighted by Gasteiger charge is -2.19. The molecule has 0 heterocycles. The monoisotopic (exact) mass is 226 g/mol. The third-order valence-corrected chi connectivity index (χ3v) is 2.55. The Morgan fingerprint density at radius 1 is 1.06 bits per heavy atom. The van der Waals surface area contributed by atoms with Crippen molar-refractivity contribution in [1.29, 1.82) is 0 Å². The number of carbonyl (C=O) groups excluding carboxylic acids is 2. The van der Waals surface area contributed by atoms with E-state index in [1.54, 1.807) is 12.1 Å². The minimum atomic E-state index is -0.283. The summed E-state index contributed by atoms with van der Waals surface area (Å²) in [5, 5.41) is 1.73. The lowest BCUT2D eigenvalue weighted by molar-refractivity contribution is -0.124. The summed E-state index contributed by atoms with van der Waals surface area (Å²) >= 11 is 0. The molecule has 0 fully saturated rings. The molecule has 2 aromatic carbocycles. The Hall–Kier alpha value is -2.16. The number of carbonyl (C=O) groups is 2. The van der Waals surface area contributed by atoms with Gasteiger partial charge >= 0.3 is 0 Å². The largest absolute Gasteiger partial charge is 0.274 e. The van der Waals surface area contributed by atoms with Gasteiger partial charge in [-0.2, -0.15) is 0 Å². The molecule has 0 atom stereocenters. The topological polar surface area (TPSA) is 37.4 Å². The second-order valence-corrected chi connectivity index (χ2v) is 3.78. The molecule has 17 heavy (non-hydrogen) atoms. The Morgan fingerprint density at radius 3 is 2.35 bits per heavy atom. The predicted octanol–water partition coefficient (Wildman–Crippen LogP) is 2.54. The van der Waals surface area contributed by atoms with E-state index in [1.165, 1.54) is 18.7 Å². The van der Waals surface area contributed by atoms with Crippen LogP contribution in [0.4, 0.5) is 5.69 Å². The van der Waals surface area contributed by atoms with Crippen LogP contribution in [0.15, 0.2) is 36.4 Å². The smallest absolute Gasteiger partial charge is 0.230 e. The summed E-state index contributed by atoms with van der Waals surface area (Å²) in [6.45, 7) is 2.76. The molecule has 0 spiro atoms. The highest BCUT2D eigenvalue weighted by Gasteiger charge is 2.17. The number of rotatable bonds is 1. The zero-order chi connectivity index (χ0) is 12.4. The number of anilines is 1. The maximum Gasteiger partial charge on any atom is 0.230 e. The van der Waals surface area contributed by atoms with Crippen molar-refractivity contribution < 1.29 is 9.59 Å². The number of nitrogens with zero attached hydrogens (tertiary/aromatic N) is 1. The van der Waals surface area contributed by atoms with E-state index < -0.39 is 0 Å². The molecule has 0 unspecified atom stereocenters. The molecule has 2 aromatic rings. The molecule has 0 aromatic heterocycles. The Kier molecular flexibility index (Phi) is 2.91. The highest BCUT2D eigenvalue weighted by atomic mass is 16.2. The second-order valence-electron chi connectivity index (χ2n) is 3.78. The van der Waals surface area contributed by atoms with Gasteiger partial charge in [-0.25, -0.2) is 0 Å². The number of fused-ring (bicyclic) bond motifs is 1. The fourth-order valence-corrected chi connectivity index (χ4v) is 1.89. The van der Waals surface area contributed by atoms with Crippen LogP contribution in [0.3, 0.4) is 0 Å². The number of imide groups is 1. The highest BCUT2D eigenvalue weighted by molar-refractivity contribution is 6.17. The number of hydrogen-bond donors (Lipinski definition) is 0. The average molecular weight is 226 g/mol. The van der Waals surface area contributed by atoms with Crippen molar-refractivity contribution in [3.63, 3.8) is 0 Å². The molecule has 0 aliphatic heterocycles. The third kappa shape index (κ3) is 2.04. The van der Waals surface area contributed by atoms with Crippen molar-refractivity contribution in [2.75, 3.05) is 4.90 Å². The average Bonchev–Trinajstić information content (AvgIpc) is 2.28. The molecule has 0 saturated carbocycles. The van der Waals surface area contributed by atoms with Crippen LogP contribution in [0, 0.1) is 6.07 Å². The normalized spacial score (nSPS) is 10.2. The van der Waals surface area contributed by atoms with E-state index in [1.807, 2.05) is 24.3 Å². The predicted molar refractivity (Wildman–Crippen MR) is 66.6 cm³/mol. The first kappa shape index (κ1) is 11.3. The summed E-state index contributed by atoms with van der Waals surface area (Å²) in [4.78, 5) is 24.2. The van der Waals surface area contributed by atoms with E-state index in [0.29, 0.717) is 5.69 Å². The molecule has 2 rings (SSSR count). The van der Waals surface area contributed by atoms with E-state index in [9.17, 15) is 9.59 Å². The van der Waals surface area contributed by atoms with Crippen LogP contribution >= 0.6 is 0 Å². The summed E-state index contributed by atoms with van der Waals surface area (Å²) in [6.07, 6.45) is 0. The number of amides is 2. The first-order valence-electron chi connectivity index (χ1n) is 5.32. The van der Waals surface area contributed by atoms with Crippen molar-refractivity contribution in [2.45, 2.75) is 13.8 Å². The maximum atomic E-state index is 11.5. The summed E-state index contributed by atoms with van der Waals surface area (Å²) in [7, 11) is 0. The fourth-order valence-electron chi connectivity index (χ4n) is 1.89. The fraction of sp³-hybridized carbons (Fsp3) is 0.143. The lowest BCUT2D eigenvalue weighted by Crippen LogP contribution is -2.33. The van der Waals surface area contributed by atoms with Gasteiger partial charge in [0.05, 0.1) is 5.69 Å². The number of benzene rings is 2. The Labute approximate surface area is 99.7 Å². The molecule has 0 N–H and O–H groups in total. The molecule has 2 amide bonds. The zero-order valence-corrected chi connectivity index (χ0v) is 9.73. The highest BCUT2D eigenvalue weighted by Crippen LogP contribution is 2.26. The summed E-state index contributed by atoms with van der Waals surface area (Å²) < 4.78 is 0. The Bertz CT molecular complexity index is 570. The molecule has 85 valence electrons. The lowest BCUT2D eigenvalue weighted by atomic mass is 10.1. The number of hydrogen-bond acceptors (Lipinski definition) is 2. The molecule has 3 nitrogen and oxygen atoms in total. The summed E-state index contributed by atoms with van der Waals surface area (Å²) in [5.74, 6) is -0.567. The molecule has 0 aliphatic rings. The van der Waals surface area contributed by atoms with Gasteiger partial charge in [-0.1, -0.05) is 30.3 Å². The summed E-state index contributed by atoms with van der Waals surface area (Å²) in [5.41, 5.74) is 0.611. The Balaban J connectivity index is 2.69. The van der Waals surface area contributed by atoms with Gasteiger partial charge in [0.25, 0.3) is 0 Å². The van der Waals surface area contributed by atoms with Gasteiger partial charge in [0, 0.05) is 19.2 Å². The molecule has 3 heteroatoms. The van der Waals surface area contributed by atoms with Crippen molar-refractivity contribution >= 4 is 28.3 Å². The van der Waals surface area contributed by atoms with Crippen molar-refractivity contribution in [3.05, 3.63) is 42.5 Å². The van der Waals surface area contributed by atoms with Gasteiger partial charge in [0.15, 0.2) is 0 Å². The first-order chi connectivity index (χ1) is 8.11. The molecule has 0 saturated heterocycles. The van der Waals surface area contributed by atoms with Crippen LogP contribution in [-0.4, -0.2) is 11.8 Å². The van der Waals surface area contributed by atoms with Crippen LogP contribution < -0.4 is 4.90 Å². The molecular weight excluding hydrogens is 214 g/mol. The van der Waals surface area contributed by atoms with Crippen LogP contribution in [0.2, 0.25) is 0 Å². The van der Waals surface area contributed by atoms with Crippen molar-refractivity contribution in [2.24, 2.45) is 0 Å². The van der Waals surface area contributed by atoms with Crippen molar-refractivity contribution in [1.82, 2.24) is 0 Å². The van der Waals surface area contributed by atoms with E-state index in [2.05, 4.69) is 6.07 Å². The van der Waals surface area contributed by atoms with Gasteiger partial charge in [-0.15, -0.1) is 0 Å². The van der Waals surface area contributed by atoms with Gasteiger partial charge in [0.1, 0.15) is 0 Å². The van der Waals surface area contributed by atoms with Gasteiger partial charge in [0.2, 0.25) is 11.8 Å². The Morgan fingerprint density at radius 2 is 1.71 bits per heavy atom. The maximum absolute atomic E-state index is 11.5. The van der Waals surface area contributed by atoms with E-state index in [4.69, 9.17) is 0 Å². The van der Waals surface area contributed by atoms with E-state index in [-0.39, 0.29) is 11.8 Å². The van der Waals surface area contributed by atoms with Gasteiger partial charge in [-0.05, 0) is 17.5 Å². The van der Waals surface area contributed by atoms with E-state index in [0.717, 1.165) is 10.8 Å². The first-order valence-corrected chi connectivity index (χ1v) is 5.32. The zero-order valence-electron chi connectivity index (χ0n) is 9.73. The summed E-state index contributed by atoms with van der Waals surface area (Å²) in [6, 6.07) is 14.1. The minimum absolute atomic E-state index is 0.283. The minimum Gasteiger partial charge on any atom is -0.274 e. The van der Waals surface area contributed by atoms with Gasteiger partial charge < -0.3 is 0 Å². The third-order valence-electron chi connectivity index (χ3n) is 2.55. The second kappa shape index (κ2) is 4.37. The van der Waals surface area contributed by atoms with Crippen LogP contribution in [0.1, 0.15) is 13.8 Å². The van der Waals surface area contributed by atoms with Crippen LogP contribution in [0.25, 0.3) is 10.8 Å². The molecule has 0 bridgehead atoms. The van der Waals surface area contributed by atoms with E-state index >= 15 is 0 Å². The molecule has 1 radical (unpaired) electrons. The quantitative estimate of drug-likeness (QED) is 0.749. The SMILES string of the molecule is CC(=O)N(C(C)=O)c1cc[c]c2ccccc12. The molecule has 0 aliphatic carbocycles. The van der Waals surface area contributed by atoms with Gasteiger partial charge in [-0.3, -0.25) is 14.5 Å². The van der Waals surface area contributed by atoms with Crippen LogP contribution in [-0.2, 0) is 9.59 Å². The standard InChI is InChI=1S/C14H12NO2/c1-10(16)15(11(2)17)14-9-5-7-12-6-3-4-8-13(12)14/h3-6,8-9H,1-2H3. The van der Waals surface area contributed by atoms with Crippen molar-refractivity contribution in [3.8, 4) is 0 Å².